The Morgan fingerprint density at radius 1 is 0.591 bits per heavy atom. The minimum atomic E-state index is 0.938. The fraction of sp³-hybridized carbons (Fsp3) is 0.909. The van der Waals surface area contributed by atoms with E-state index in [-0.39, 0.29) is 0 Å². The second kappa shape index (κ2) is 7.27. The molecule has 3 saturated carbocycles. The van der Waals surface area contributed by atoms with E-state index >= 15 is 0 Å². The average Bonchev–Trinajstić information content (AvgIpc) is 2.53. The molecular formula is C22H38. The minimum absolute atomic E-state index is 0.938. The van der Waals surface area contributed by atoms with Gasteiger partial charge in [0.25, 0.3) is 0 Å². The van der Waals surface area contributed by atoms with Gasteiger partial charge in [0.05, 0.1) is 0 Å². The van der Waals surface area contributed by atoms with Crippen LogP contribution in [-0.4, -0.2) is 0 Å². The van der Waals surface area contributed by atoms with Gasteiger partial charge in [-0.1, -0.05) is 40.5 Å². The Bertz CT molecular complexity index is 318. The van der Waals surface area contributed by atoms with E-state index in [0.29, 0.717) is 0 Å². The Morgan fingerprint density at radius 2 is 1.05 bits per heavy atom. The summed E-state index contributed by atoms with van der Waals surface area (Å²) in [5.74, 6) is 9.69. The smallest absolute Gasteiger partial charge is 0.0210 e. The molecule has 3 aliphatic carbocycles. The van der Waals surface area contributed by atoms with E-state index in [0.717, 1.165) is 35.5 Å². The Labute approximate surface area is 139 Å². The summed E-state index contributed by atoms with van der Waals surface area (Å²) in [6.45, 7) is 9.92. The van der Waals surface area contributed by atoms with Gasteiger partial charge in [-0.2, -0.15) is 0 Å². The fourth-order valence-electron chi connectivity index (χ4n) is 5.66. The van der Waals surface area contributed by atoms with Gasteiger partial charge in [0, 0.05) is 0 Å². The third kappa shape index (κ3) is 3.73. The first kappa shape index (κ1) is 16.8. The molecule has 3 fully saturated rings. The maximum atomic E-state index is 2.50. The van der Waals surface area contributed by atoms with Crippen molar-refractivity contribution in [1.29, 1.82) is 0 Å². The summed E-state index contributed by atoms with van der Waals surface area (Å²) in [6, 6.07) is 0. The van der Waals surface area contributed by atoms with E-state index in [4.69, 9.17) is 0 Å². The van der Waals surface area contributed by atoms with Crippen molar-refractivity contribution in [2.45, 2.75) is 91.9 Å². The normalized spacial score (nSPS) is 40.9. The lowest BCUT2D eigenvalue weighted by molar-refractivity contribution is 0.134. The summed E-state index contributed by atoms with van der Waals surface area (Å²) in [4.78, 5) is 0. The summed E-state index contributed by atoms with van der Waals surface area (Å²) in [6.07, 6.45) is 14.7. The topological polar surface area (TPSA) is 0 Å². The van der Waals surface area contributed by atoms with Crippen LogP contribution in [0.1, 0.15) is 91.9 Å². The summed E-state index contributed by atoms with van der Waals surface area (Å²) in [5.41, 5.74) is 0. The lowest BCUT2D eigenvalue weighted by atomic mass is 9.61. The second-order valence-electron chi connectivity index (χ2n) is 9.26. The van der Waals surface area contributed by atoms with Crippen LogP contribution in [0.3, 0.4) is 0 Å². The molecule has 0 heteroatoms. The van der Waals surface area contributed by atoms with Crippen LogP contribution < -0.4 is 0 Å². The van der Waals surface area contributed by atoms with Gasteiger partial charge in [0.2, 0.25) is 0 Å². The van der Waals surface area contributed by atoms with Crippen molar-refractivity contribution in [3.63, 3.8) is 0 Å². The Hall–Kier alpha value is 0. The molecule has 0 bridgehead atoms. The predicted octanol–water partition coefficient (Wildman–Crippen LogP) is 6.85. The van der Waals surface area contributed by atoms with Crippen LogP contribution in [0.15, 0.2) is 0 Å². The highest BCUT2D eigenvalue weighted by molar-refractivity contribution is 5.08. The Morgan fingerprint density at radius 3 is 1.59 bits per heavy atom. The number of hydrogen-bond donors (Lipinski definition) is 0. The van der Waals surface area contributed by atoms with E-state index in [1.165, 1.54) is 64.2 Å². The third-order valence-corrected chi connectivity index (χ3v) is 7.81. The molecule has 3 rings (SSSR count). The van der Waals surface area contributed by atoms with Crippen LogP contribution in [0, 0.1) is 47.3 Å². The van der Waals surface area contributed by atoms with E-state index in [1.807, 2.05) is 11.8 Å². The highest BCUT2D eigenvalue weighted by Gasteiger charge is 2.37. The molecule has 0 aliphatic heterocycles. The molecule has 0 heterocycles. The molecule has 2 unspecified atom stereocenters. The fourth-order valence-corrected chi connectivity index (χ4v) is 5.66. The summed E-state index contributed by atoms with van der Waals surface area (Å²) < 4.78 is 0. The maximum absolute atomic E-state index is 2.50. The van der Waals surface area contributed by atoms with Gasteiger partial charge in [-0.05, 0) is 98.7 Å². The average molecular weight is 303 g/mol. The summed E-state index contributed by atoms with van der Waals surface area (Å²) in [5, 5.41) is 0. The van der Waals surface area contributed by atoms with Crippen LogP contribution in [-0.2, 0) is 0 Å². The SMILES string of the molecule is CC1CC[C](C2CC[C](C3CC(C)C(C)C(C)C3)CC2)CC1. The van der Waals surface area contributed by atoms with Crippen molar-refractivity contribution in [2.75, 3.05) is 0 Å². The molecule has 0 amide bonds. The van der Waals surface area contributed by atoms with Gasteiger partial charge in [0.15, 0.2) is 0 Å². The molecule has 2 atom stereocenters. The van der Waals surface area contributed by atoms with E-state index in [1.54, 1.807) is 0 Å². The molecule has 3 aliphatic rings. The molecule has 126 valence electrons. The lowest BCUT2D eigenvalue weighted by Gasteiger charge is -2.44. The molecule has 0 saturated heterocycles. The molecule has 22 heavy (non-hydrogen) atoms. The van der Waals surface area contributed by atoms with Gasteiger partial charge < -0.3 is 0 Å². The van der Waals surface area contributed by atoms with Gasteiger partial charge in [0.1, 0.15) is 0 Å². The quantitative estimate of drug-likeness (QED) is 0.523. The van der Waals surface area contributed by atoms with Crippen molar-refractivity contribution in [2.24, 2.45) is 35.5 Å². The largest absolute Gasteiger partial charge is 0.0625 e. The standard InChI is InChI=1S/C22H38/c1-15-5-7-19(8-6-15)20-9-11-21(12-10-20)22-13-16(2)18(4)17(3)14-22/h15-18,20,22H,5-14H2,1-4H3. The highest BCUT2D eigenvalue weighted by Crippen LogP contribution is 2.49. The molecule has 0 spiro atoms. The molecule has 0 aromatic rings. The van der Waals surface area contributed by atoms with Gasteiger partial charge in [-0.25, -0.2) is 0 Å². The zero-order chi connectivity index (χ0) is 15.7. The first-order chi connectivity index (χ1) is 10.5. The number of rotatable bonds is 2. The van der Waals surface area contributed by atoms with Crippen molar-refractivity contribution in [1.82, 2.24) is 0 Å². The van der Waals surface area contributed by atoms with Crippen LogP contribution in [0.5, 0.6) is 0 Å². The lowest BCUT2D eigenvalue weighted by Crippen LogP contribution is -2.33. The molecule has 0 aromatic carbocycles. The first-order valence-corrected chi connectivity index (χ1v) is 10.2. The zero-order valence-corrected chi connectivity index (χ0v) is 15.5. The minimum Gasteiger partial charge on any atom is -0.0625 e. The highest BCUT2D eigenvalue weighted by atomic mass is 14.4. The van der Waals surface area contributed by atoms with Crippen molar-refractivity contribution in [3.8, 4) is 0 Å². The summed E-state index contributed by atoms with van der Waals surface area (Å²) >= 11 is 0. The van der Waals surface area contributed by atoms with E-state index in [2.05, 4.69) is 27.7 Å². The molecule has 0 N–H and O–H groups in total. The molecular weight excluding hydrogens is 264 g/mol. The Kier molecular flexibility index (Phi) is 5.56. The predicted molar refractivity (Wildman–Crippen MR) is 96.3 cm³/mol. The zero-order valence-electron chi connectivity index (χ0n) is 15.5. The summed E-state index contributed by atoms with van der Waals surface area (Å²) in [7, 11) is 0. The van der Waals surface area contributed by atoms with Gasteiger partial charge >= 0.3 is 0 Å². The molecule has 0 aromatic heterocycles. The first-order valence-electron chi connectivity index (χ1n) is 10.2. The number of hydrogen-bond acceptors (Lipinski definition) is 0. The van der Waals surface area contributed by atoms with E-state index < -0.39 is 0 Å². The third-order valence-electron chi connectivity index (χ3n) is 7.81. The van der Waals surface area contributed by atoms with Crippen LogP contribution >= 0.6 is 0 Å². The van der Waals surface area contributed by atoms with Crippen molar-refractivity contribution < 1.29 is 0 Å². The van der Waals surface area contributed by atoms with E-state index in [9.17, 15) is 0 Å². The molecule has 0 nitrogen and oxygen atoms in total. The monoisotopic (exact) mass is 302 g/mol. The van der Waals surface area contributed by atoms with Crippen LogP contribution in [0.2, 0.25) is 0 Å². The van der Waals surface area contributed by atoms with Crippen LogP contribution in [0.4, 0.5) is 0 Å². The van der Waals surface area contributed by atoms with Crippen molar-refractivity contribution in [3.05, 3.63) is 11.8 Å². The van der Waals surface area contributed by atoms with Crippen molar-refractivity contribution >= 4 is 0 Å². The van der Waals surface area contributed by atoms with Gasteiger partial charge in [-0.3, -0.25) is 0 Å². The van der Waals surface area contributed by atoms with Crippen LogP contribution in [0.25, 0.3) is 0 Å². The second-order valence-corrected chi connectivity index (χ2v) is 9.26. The maximum Gasteiger partial charge on any atom is -0.0210 e. The molecule has 2 radical (unpaired) electrons. The Balaban J connectivity index is 1.47. The van der Waals surface area contributed by atoms with Gasteiger partial charge in [-0.15, -0.1) is 0 Å².